The molecule has 0 fully saturated rings. The van der Waals surface area contributed by atoms with E-state index in [1.807, 2.05) is 12.1 Å². The van der Waals surface area contributed by atoms with Gasteiger partial charge in [-0.1, -0.05) is 12.1 Å². The van der Waals surface area contributed by atoms with Gasteiger partial charge in [0.25, 0.3) is 5.91 Å². The zero-order valence-electron chi connectivity index (χ0n) is 12.9. The van der Waals surface area contributed by atoms with Crippen molar-refractivity contribution in [3.05, 3.63) is 59.2 Å². The first-order valence-electron chi connectivity index (χ1n) is 7.53. The van der Waals surface area contributed by atoms with Crippen LogP contribution in [-0.2, 0) is 6.42 Å². The van der Waals surface area contributed by atoms with Gasteiger partial charge in [-0.3, -0.25) is 4.79 Å². The fourth-order valence-corrected chi connectivity index (χ4v) is 2.56. The number of carbonyl (C=O) groups excluding carboxylic acids is 1. The summed E-state index contributed by atoms with van der Waals surface area (Å²) in [6.07, 6.45) is 0.0629. The zero-order valence-corrected chi connectivity index (χ0v) is 12.9. The van der Waals surface area contributed by atoms with Crippen molar-refractivity contribution in [3.63, 3.8) is 0 Å². The SMILES string of the molecule is COc1ccc(C(O)CNC(=O)c2ccc3c(c2)CCO3)cc1. The molecule has 1 amide bonds. The average molecular weight is 313 g/mol. The number of fused-ring (bicyclic) bond motifs is 1. The topological polar surface area (TPSA) is 67.8 Å². The molecule has 0 radical (unpaired) electrons. The van der Waals surface area contributed by atoms with E-state index in [9.17, 15) is 9.90 Å². The second-order valence-corrected chi connectivity index (χ2v) is 5.42. The minimum Gasteiger partial charge on any atom is -0.497 e. The van der Waals surface area contributed by atoms with Crippen molar-refractivity contribution in [1.29, 1.82) is 0 Å². The summed E-state index contributed by atoms with van der Waals surface area (Å²) in [4.78, 5) is 12.2. The summed E-state index contributed by atoms with van der Waals surface area (Å²) in [5.74, 6) is 1.37. The molecule has 5 nitrogen and oxygen atoms in total. The van der Waals surface area contributed by atoms with Gasteiger partial charge in [0, 0.05) is 18.5 Å². The molecule has 0 spiro atoms. The number of benzene rings is 2. The standard InChI is InChI=1S/C18H19NO4/c1-22-15-5-2-12(3-6-15)16(20)11-19-18(21)14-4-7-17-13(10-14)8-9-23-17/h2-7,10,16,20H,8-9,11H2,1H3,(H,19,21). The number of amides is 1. The summed E-state index contributed by atoms with van der Waals surface area (Å²) in [6, 6.07) is 12.5. The van der Waals surface area contributed by atoms with Crippen molar-refractivity contribution in [2.75, 3.05) is 20.3 Å². The van der Waals surface area contributed by atoms with Gasteiger partial charge in [0.05, 0.1) is 19.8 Å². The summed E-state index contributed by atoms with van der Waals surface area (Å²) in [7, 11) is 1.59. The minimum atomic E-state index is -0.761. The quantitative estimate of drug-likeness (QED) is 0.887. The van der Waals surface area contributed by atoms with Gasteiger partial charge in [-0.15, -0.1) is 0 Å². The van der Waals surface area contributed by atoms with Gasteiger partial charge >= 0.3 is 0 Å². The van der Waals surface area contributed by atoms with E-state index in [-0.39, 0.29) is 12.5 Å². The summed E-state index contributed by atoms with van der Waals surface area (Å²) < 4.78 is 10.5. The number of rotatable bonds is 5. The van der Waals surface area contributed by atoms with Gasteiger partial charge in [0.15, 0.2) is 0 Å². The van der Waals surface area contributed by atoms with Gasteiger partial charge in [-0.2, -0.15) is 0 Å². The molecule has 3 rings (SSSR count). The van der Waals surface area contributed by atoms with Crippen LogP contribution in [0.3, 0.4) is 0 Å². The Labute approximate surface area is 134 Å². The van der Waals surface area contributed by atoms with E-state index < -0.39 is 6.10 Å². The molecule has 2 aromatic rings. The third-order valence-electron chi connectivity index (χ3n) is 3.91. The van der Waals surface area contributed by atoms with Crippen LogP contribution in [0.5, 0.6) is 11.5 Å². The highest BCUT2D eigenvalue weighted by molar-refractivity contribution is 5.94. The molecule has 0 saturated heterocycles. The number of aliphatic hydroxyl groups excluding tert-OH is 1. The fourth-order valence-electron chi connectivity index (χ4n) is 2.56. The molecule has 0 saturated carbocycles. The lowest BCUT2D eigenvalue weighted by atomic mass is 10.1. The molecule has 2 aromatic carbocycles. The van der Waals surface area contributed by atoms with Crippen LogP contribution in [0.1, 0.15) is 27.6 Å². The maximum absolute atomic E-state index is 12.2. The van der Waals surface area contributed by atoms with Crippen LogP contribution in [0.15, 0.2) is 42.5 Å². The van der Waals surface area contributed by atoms with Crippen LogP contribution in [0.4, 0.5) is 0 Å². The molecule has 1 aliphatic rings. The minimum absolute atomic E-state index is 0.152. The first-order chi connectivity index (χ1) is 11.2. The van der Waals surface area contributed by atoms with Crippen molar-refractivity contribution >= 4 is 5.91 Å². The van der Waals surface area contributed by atoms with E-state index in [0.29, 0.717) is 12.2 Å². The second-order valence-electron chi connectivity index (χ2n) is 5.42. The molecule has 0 bridgehead atoms. The molecule has 120 valence electrons. The number of aliphatic hydroxyl groups is 1. The van der Waals surface area contributed by atoms with Crippen LogP contribution in [0.2, 0.25) is 0 Å². The molecule has 1 heterocycles. The van der Waals surface area contributed by atoms with Gasteiger partial charge in [0.1, 0.15) is 11.5 Å². The van der Waals surface area contributed by atoms with E-state index in [1.54, 1.807) is 37.4 Å². The Hall–Kier alpha value is -2.53. The molecule has 23 heavy (non-hydrogen) atoms. The van der Waals surface area contributed by atoms with Crippen LogP contribution < -0.4 is 14.8 Å². The predicted octanol–water partition coefficient (Wildman–Crippen LogP) is 2.09. The lowest BCUT2D eigenvalue weighted by Crippen LogP contribution is -2.28. The number of hydrogen-bond acceptors (Lipinski definition) is 4. The molecule has 2 N–H and O–H groups in total. The van der Waals surface area contributed by atoms with Crippen LogP contribution in [0, 0.1) is 0 Å². The van der Waals surface area contributed by atoms with Gasteiger partial charge in [-0.25, -0.2) is 0 Å². The second kappa shape index (κ2) is 6.71. The van der Waals surface area contributed by atoms with Crippen molar-refractivity contribution in [2.24, 2.45) is 0 Å². The number of nitrogens with one attached hydrogen (secondary N) is 1. The third kappa shape index (κ3) is 3.46. The van der Waals surface area contributed by atoms with Crippen LogP contribution in [0.25, 0.3) is 0 Å². The molecule has 1 unspecified atom stereocenters. The first kappa shape index (κ1) is 15.4. The molecular weight excluding hydrogens is 294 g/mol. The molecule has 1 aliphatic heterocycles. The maximum atomic E-state index is 12.2. The van der Waals surface area contributed by atoms with Crippen LogP contribution in [-0.4, -0.2) is 31.3 Å². The van der Waals surface area contributed by atoms with E-state index in [2.05, 4.69) is 5.32 Å². The van der Waals surface area contributed by atoms with Crippen molar-refractivity contribution in [1.82, 2.24) is 5.32 Å². The van der Waals surface area contributed by atoms with Gasteiger partial charge in [0.2, 0.25) is 0 Å². The monoisotopic (exact) mass is 313 g/mol. The number of hydrogen-bond donors (Lipinski definition) is 2. The first-order valence-corrected chi connectivity index (χ1v) is 7.53. The molecule has 1 atom stereocenters. The van der Waals surface area contributed by atoms with Crippen molar-refractivity contribution < 1.29 is 19.4 Å². The Bertz CT molecular complexity index is 697. The molecule has 0 aliphatic carbocycles. The van der Waals surface area contributed by atoms with Crippen LogP contribution >= 0.6 is 0 Å². The Kier molecular flexibility index (Phi) is 4.48. The average Bonchev–Trinajstić information content (AvgIpc) is 3.07. The lowest BCUT2D eigenvalue weighted by molar-refractivity contribution is 0.0916. The number of ether oxygens (including phenoxy) is 2. The maximum Gasteiger partial charge on any atom is 0.251 e. The highest BCUT2D eigenvalue weighted by Gasteiger charge is 2.16. The lowest BCUT2D eigenvalue weighted by Gasteiger charge is -2.13. The highest BCUT2D eigenvalue weighted by atomic mass is 16.5. The molecular formula is C18H19NO4. The predicted molar refractivity (Wildman–Crippen MR) is 85.9 cm³/mol. The zero-order chi connectivity index (χ0) is 16.2. The highest BCUT2D eigenvalue weighted by Crippen LogP contribution is 2.25. The summed E-state index contributed by atoms with van der Waals surface area (Å²) in [5.41, 5.74) is 2.36. The van der Waals surface area contributed by atoms with E-state index >= 15 is 0 Å². The molecule has 0 aromatic heterocycles. The van der Waals surface area contributed by atoms with E-state index in [0.717, 1.165) is 29.0 Å². The third-order valence-corrected chi connectivity index (χ3v) is 3.91. The Morgan fingerprint density at radius 3 is 2.83 bits per heavy atom. The summed E-state index contributed by atoms with van der Waals surface area (Å²) >= 11 is 0. The normalized spacial score (nSPS) is 13.8. The van der Waals surface area contributed by atoms with E-state index in [4.69, 9.17) is 9.47 Å². The number of methoxy groups -OCH3 is 1. The van der Waals surface area contributed by atoms with Gasteiger partial charge < -0.3 is 19.9 Å². The van der Waals surface area contributed by atoms with E-state index in [1.165, 1.54) is 0 Å². The van der Waals surface area contributed by atoms with Crippen molar-refractivity contribution in [3.8, 4) is 11.5 Å². The molecule has 5 heteroatoms. The summed E-state index contributed by atoms with van der Waals surface area (Å²) in [6.45, 7) is 0.815. The van der Waals surface area contributed by atoms with Crippen molar-refractivity contribution in [2.45, 2.75) is 12.5 Å². The fraction of sp³-hybridized carbons (Fsp3) is 0.278. The van der Waals surface area contributed by atoms with Gasteiger partial charge in [-0.05, 0) is 41.5 Å². The Morgan fingerprint density at radius 1 is 1.30 bits per heavy atom. The summed E-state index contributed by atoms with van der Waals surface area (Å²) in [5, 5.41) is 12.9. The number of carbonyl (C=O) groups is 1. The smallest absolute Gasteiger partial charge is 0.251 e. The Morgan fingerprint density at radius 2 is 2.09 bits per heavy atom. The Balaban J connectivity index is 1.59. The largest absolute Gasteiger partial charge is 0.497 e.